The minimum Gasteiger partial charge on any atom is -0.591 e. The molecule has 1 aliphatic rings. The molecule has 1 amide bonds. The van der Waals surface area contributed by atoms with Crippen LogP contribution in [0.3, 0.4) is 0 Å². The van der Waals surface area contributed by atoms with Crippen LogP contribution in [0, 0.1) is 0 Å². The molecule has 0 aliphatic carbocycles. The minimum atomic E-state index is -1.30. The number of aryl methyl sites for hydroxylation is 1. The van der Waals surface area contributed by atoms with Gasteiger partial charge in [-0.1, -0.05) is 22.1 Å². The van der Waals surface area contributed by atoms with Gasteiger partial charge in [0.2, 0.25) is 0 Å². The Balaban J connectivity index is 1.81. The number of ether oxygens (including phenoxy) is 1. The number of pyridine rings is 1. The highest BCUT2D eigenvalue weighted by Crippen LogP contribution is 2.21. The smallest absolute Gasteiger partial charge is 0.407 e. The van der Waals surface area contributed by atoms with Gasteiger partial charge in [-0.15, -0.1) is 0 Å². The first-order valence-corrected chi connectivity index (χ1v) is 11.8. The van der Waals surface area contributed by atoms with Crippen LogP contribution in [0.4, 0.5) is 4.79 Å². The summed E-state index contributed by atoms with van der Waals surface area (Å²) < 4.78 is 22.4. The molecule has 168 valence electrons. The number of unbranched alkanes of at least 4 members (excludes halogenated alkanes) is 1. The van der Waals surface area contributed by atoms with Gasteiger partial charge in [-0.05, 0) is 70.9 Å². The summed E-state index contributed by atoms with van der Waals surface area (Å²) in [5, 5.41) is 9.50. The predicted octanol–water partition coefficient (Wildman–Crippen LogP) is 4.51. The number of nitrogens with zero attached hydrogens (tertiary/aromatic N) is 3. The monoisotopic (exact) mass is 457 g/mol. The Morgan fingerprint density at radius 2 is 2.20 bits per heavy atom. The molecule has 2 heterocycles. The van der Waals surface area contributed by atoms with E-state index in [-0.39, 0.29) is 6.10 Å². The third-order valence-corrected chi connectivity index (χ3v) is 6.70. The van der Waals surface area contributed by atoms with Gasteiger partial charge in [0.05, 0.1) is 18.4 Å². The van der Waals surface area contributed by atoms with Crippen molar-refractivity contribution in [3.8, 4) is 0 Å². The zero-order valence-corrected chi connectivity index (χ0v) is 19.5. The number of halogens is 1. The van der Waals surface area contributed by atoms with Crippen LogP contribution in [0.1, 0.15) is 58.4 Å². The quantitative estimate of drug-likeness (QED) is 0.241. The number of carbonyl (C=O) groups is 1. The Labute approximate surface area is 187 Å². The SMILES string of the molecule is CC(C)(C)[S@@+]([O-])N=C(CCCCO[C@@H]1CCN(C(=O)O)C1)CCc1cccnc1Cl. The minimum absolute atomic E-state index is 0.0182. The molecule has 1 N–H and O–H groups in total. The predicted molar refractivity (Wildman–Crippen MR) is 121 cm³/mol. The number of aromatic nitrogens is 1. The summed E-state index contributed by atoms with van der Waals surface area (Å²) in [7, 11) is 0. The fourth-order valence-corrected chi connectivity index (χ4v) is 3.98. The highest BCUT2D eigenvalue weighted by molar-refractivity contribution is 7.91. The lowest BCUT2D eigenvalue weighted by molar-refractivity contribution is 0.0565. The average molecular weight is 458 g/mol. The maximum absolute atomic E-state index is 12.5. The van der Waals surface area contributed by atoms with Gasteiger partial charge in [-0.3, -0.25) is 0 Å². The molecule has 1 fully saturated rings. The number of amides is 1. The van der Waals surface area contributed by atoms with Crippen LogP contribution in [0.2, 0.25) is 5.15 Å². The summed E-state index contributed by atoms with van der Waals surface area (Å²) in [4.78, 5) is 16.5. The molecule has 30 heavy (non-hydrogen) atoms. The van der Waals surface area contributed by atoms with E-state index in [1.54, 1.807) is 6.20 Å². The van der Waals surface area contributed by atoms with Gasteiger partial charge >= 0.3 is 6.09 Å². The number of hydrogen-bond acceptors (Lipinski definition) is 5. The Morgan fingerprint density at radius 1 is 1.43 bits per heavy atom. The van der Waals surface area contributed by atoms with Crippen molar-refractivity contribution in [1.82, 2.24) is 9.88 Å². The topological polar surface area (TPSA) is 98.1 Å². The second-order valence-electron chi connectivity index (χ2n) is 8.44. The Morgan fingerprint density at radius 3 is 2.83 bits per heavy atom. The molecule has 0 radical (unpaired) electrons. The zero-order chi connectivity index (χ0) is 22.1. The Hall–Kier alpha value is -1.35. The first-order chi connectivity index (χ1) is 14.2. The highest BCUT2D eigenvalue weighted by Gasteiger charge is 2.27. The van der Waals surface area contributed by atoms with Crippen LogP contribution in [-0.2, 0) is 22.5 Å². The summed E-state index contributed by atoms with van der Waals surface area (Å²) in [5.74, 6) is 0. The average Bonchev–Trinajstić information content (AvgIpc) is 3.15. The van der Waals surface area contributed by atoms with Crippen molar-refractivity contribution in [2.75, 3.05) is 19.7 Å². The molecule has 0 unspecified atom stereocenters. The van der Waals surface area contributed by atoms with Crippen LogP contribution >= 0.6 is 11.6 Å². The van der Waals surface area contributed by atoms with Crippen molar-refractivity contribution in [1.29, 1.82) is 0 Å². The van der Waals surface area contributed by atoms with Gasteiger partial charge in [0.25, 0.3) is 0 Å². The summed E-state index contributed by atoms with van der Waals surface area (Å²) in [6.45, 7) is 7.31. The van der Waals surface area contributed by atoms with E-state index in [4.69, 9.17) is 21.4 Å². The summed E-state index contributed by atoms with van der Waals surface area (Å²) in [6, 6.07) is 3.81. The van der Waals surface area contributed by atoms with Crippen molar-refractivity contribution in [3.05, 3.63) is 29.0 Å². The van der Waals surface area contributed by atoms with E-state index >= 15 is 0 Å². The fourth-order valence-electron chi connectivity index (χ4n) is 3.07. The van der Waals surface area contributed by atoms with E-state index < -0.39 is 22.2 Å². The van der Waals surface area contributed by atoms with E-state index in [0.29, 0.717) is 37.7 Å². The maximum atomic E-state index is 12.5. The molecule has 1 aromatic rings. The van der Waals surface area contributed by atoms with E-state index in [1.807, 2.05) is 32.9 Å². The molecule has 0 bridgehead atoms. The number of hydrogen-bond donors (Lipinski definition) is 1. The van der Waals surface area contributed by atoms with Crippen LogP contribution in [0.15, 0.2) is 22.7 Å². The molecular formula is C21H32ClN3O4S. The van der Waals surface area contributed by atoms with Crippen molar-refractivity contribution in [2.45, 2.75) is 70.1 Å². The number of carboxylic acid groups (broad SMARTS) is 1. The molecule has 2 atom stereocenters. The first kappa shape index (κ1) is 24.9. The number of rotatable bonds is 10. The Bertz CT molecular complexity index is 726. The van der Waals surface area contributed by atoms with E-state index in [0.717, 1.165) is 37.0 Å². The zero-order valence-electron chi connectivity index (χ0n) is 18.0. The van der Waals surface area contributed by atoms with Gasteiger partial charge in [0.15, 0.2) is 0 Å². The van der Waals surface area contributed by atoms with Gasteiger partial charge in [0.1, 0.15) is 21.3 Å². The normalized spacial score (nSPS) is 18.6. The molecule has 0 aromatic carbocycles. The van der Waals surface area contributed by atoms with Crippen molar-refractivity contribution >= 4 is 34.8 Å². The van der Waals surface area contributed by atoms with Crippen LogP contribution < -0.4 is 0 Å². The molecule has 0 spiro atoms. The molecule has 2 rings (SSSR count). The van der Waals surface area contributed by atoms with Gasteiger partial charge < -0.3 is 19.3 Å². The summed E-state index contributed by atoms with van der Waals surface area (Å²) >= 11 is 4.85. The second kappa shape index (κ2) is 11.9. The van der Waals surface area contributed by atoms with Crippen LogP contribution in [0.25, 0.3) is 0 Å². The van der Waals surface area contributed by atoms with Gasteiger partial charge in [0, 0.05) is 19.3 Å². The first-order valence-electron chi connectivity index (χ1n) is 10.3. The fraction of sp³-hybridized carbons (Fsp3) is 0.667. The van der Waals surface area contributed by atoms with E-state index in [1.165, 1.54) is 4.90 Å². The molecule has 9 heteroatoms. The van der Waals surface area contributed by atoms with Crippen LogP contribution in [-0.4, -0.2) is 61.9 Å². The van der Waals surface area contributed by atoms with E-state index in [9.17, 15) is 9.35 Å². The Kier molecular flexibility index (Phi) is 9.87. The largest absolute Gasteiger partial charge is 0.591 e. The molecule has 0 saturated carbocycles. The third-order valence-electron chi connectivity index (χ3n) is 4.88. The van der Waals surface area contributed by atoms with Crippen molar-refractivity contribution < 1.29 is 19.2 Å². The number of likely N-dealkylation sites (tertiary alicyclic amines) is 1. The maximum Gasteiger partial charge on any atom is 0.407 e. The molecule has 1 aromatic heterocycles. The molecular weight excluding hydrogens is 426 g/mol. The van der Waals surface area contributed by atoms with Gasteiger partial charge in [-0.2, -0.15) is 0 Å². The standard InChI is InChI=1S/C21H32ClN3O4S/c1-21(2,3)30(28)24-17(10-9-16-7-6-12-23-19(16)22)8-4-5-14-29-18-11-13-25(15-18)20(26)27/h6-7,12,18H,4-5,8-11,13-15H2,1-3H3,(H,26,27)/t18-,30-/m1/s1. The summed E-state index contributed by atoms with van der Waals surface area (Å²) in [5.41, 5.74) is 1.88. The highest BCUT2D eigenvalue weighted by atomic mass is 35.5. The van der Waals surface area contributed by atoms with Crippen molar-refractivity contribution in [3.63, 3.8) is 0 Å². The summed E-state index contributed by atoms with van der Waals surface area (Å²) in [6.07, 6.45) is 5.35. The van der Waals surface area contributed by atoms with E-state index in [2.05, 4.69) is 9.38 Å². The lowest BCUT2D eigenvalue weighted by atomic mass is 10.0. The third kappa shape index (κ3) is 8.41. The molecule has 1 aliphatic heterocycles. The lowest BCUT2D eigenvalue weighted by Gasteiger charge is -2.19. The molecule has 1 saturated heterocycles. The second-order valence-corrected chi connectivity index (χ2v) is 10.7. The molecule has 7 nitrogen and oxygen atoms in total. The van der Waals surface area contributed by atoms with Crippen LogP contribution in [0.5, 0.6) is 0 Å². The van der Waals surface area contributed by atoms with Crippen molar-refractivity contribution in [2.24, 2.45) is 4.40 Å². The lowest BCUT2D eigenvalue weighted by Crippen LogP contribution is -2.28. The van der Waals surface area contributed by atoms with Gasteiger partial charge in [-0.25, -0.2) is 9.78 Å².